The van der Waals surface area contributed by atoms with Crippen molar-refractivity contribution in [3.8, 4) is 0 Å². The van der Waals surface area contributed by atoms with E-state index in [4.69, 9.17) is 0 Å². The molecule has 4 rings (SSSR count). The van der Waals surface area contributed by atoms with Gasteiger partial charge in [-0.1, -0.05) is 12.1 Å². The van der Waals surface area contributed by atoms with E-state index >= 15 is 0 Å². The number of nitrogens with one attached hydrogen (secondary N) is 1. The van der Waals surface area contributed by atoms with Gasteiger partial charge in [-0.25, -0.2) is 9.78 Å². The zero-order valence-electron chi connectivity index (χ0n) is 11.3. The van der Waals surface area contributed by atoms with Gasteiger partial charge < -0.3 is 4.98 Å². The molecule has 106 valence electrons. The summed E-state index contributed by atoms with van der Waals surface area (Å²) >= 11 is 0. The number of rotatable bonds is 3. The summed E-state index contributed by atoms with van der Waals surface area (Å²) in [7, 11) is 0. The second-order valence-corrected chi connectivity index (χ2v) is 5.38. The maximum Gasteiger partial charge on any atom is 0.328 e. The van der Waals surface area contributed by atoms with Crippen LogP contribution in [-0.4, -0.2) is 19.1 Å². The summed E-state index contributed by atoms with van der Waals surface area (Å²) in [5, 5.41) is 0.559. The van der Waals surface area contributed by atoms with Gasteiger partial charge in [0.25, 0.3) is 5.56 Å². The Bertz CT molecular complexity index is 930. The predicted molar refractivity (Wildman–Crippen MR) is 78.4 cm³/mol. The van der Waals surface area contributed by atoms with Crippen LogP contribution < -0.4 is 11.2 Å². The number of benzene rings is 1. The first-order valence-electron chi connectivity index (χ1n) is 6.97. The minimum absolute atomic E-state index is 0.0479. The number of nitrogens with zero attached hydrogens (tertiary/aromatic N) is 3. The molecule has 1 fully saturated rings. The fourth-order valence-corrected chi connectivity index (χ4v) is 2.55. The fourth-order valence-electron chi connectivity index (χ4n) is 2.55. The molecule has 1 aliphatic rings. The Morgan fingerprint density at radius 2 is 2.00 bits per heavy atom. The van der Waals surface area contributed by atoms with Gasteiger partial charge >= 0.3 is 5.69 Å². The molecular weight excluding hydrogens is 268 g/mol. The standard InChI is InChI=1S/C15H14N4O2/c20-14-11-3-1-2-4-12(11)16-13(17-14)9-18-7-8-19(15(18)21)10-5-6-10/h1-4,7-8,10H,5-6,9H2,(H,16,17,20). The van der Waals surface area contributed by atoms with E-state index in [9.17, 15) is 9.59 Å². The van der Waals surface area contributed by atoms with Crippen molar-refractivity contribution in [2.75, 3.05) is 0 Å². The lowest BCUT2D eigenvalue weighted by Crippen LogP contribution is -2.25. The van der Waals surface area contributed by atoms with E-state index in [1.54, 1.807) is 39.7 Å². The van der Waals surface area contributed by atoms with E-state index < -0.39 is 0 Å². The number of hydrogen-bond acceptors (Lipinski definition) is 3. The maximum atomic E-state index is 12.2. The highest BCUT2D eigenvalue weighted by Gasteiger charge is 2.25. The summed E-state index contributed by atoms with van der Waals surface area (Å²) in [6, 6.07) is 7.53. The number of aromatic nitrogens is 4. The lowest BCUT2D eigenvalue weighted by Gasteiger charge is -2.03. The molecule has 2 heterocycles. The van der Waals surface area contributed by atoms with Crippen LogP contribution in [0.5, 0.6) is 0 Å². The van der Waals surface area contributed by atoms with Gasteiger partial charge in [0, 0.05) is 18.4 Å². The van der Waals surface area contributed by atoms with Crippen LogP contribution in [0.15, 0.2) is 46.2 Å². The summed E-state index contributed by atoms with van der Waals surface area (Å²) in [5.74, 6) is 0.495. The Balaban J connectivity index is 1.74. The van der Waals surface area contributed by atoms with E-state index in [0.29, 0.717) is 22.8 Å². The van der Waals surface area contributed by atoms with Gasteiger partial charge in [-0.3, -0.25) is 13.9 Å². The van der Waals surface area contributed by atoms with Crippen molar-refractivity contribution < 1.29 is 0 Å². The van der Waals surface area contributed by atoms with Gasteiger partial charge in [0.2, 0.25) is 0 Å². The van der Waals surface area contributed by atoms with Crippen LogP contribution in [0.4, 0.5) is 0 Å². The molecule has 0 radical (unpaired) electrons. The Kier molecular flexibility index (Phi) is 2.57. The monoisotopic (exact) mass is 282 g/mol. The largest absolute Gasteiger partial charge is 0.328 e. The molecule has 2 aromatic heterocycles. The molecule has 0 unspecified atom stereocenters. The van der Waals surface area contributed by atoms with E-state index in [0.717, 1.165) is 12.8 Å². The van der Waals surface area contributed by atoms with Crippen LogP contribution in [0.1, 0.15) is 24.7 Å². The van der Waals surface area contributed by atoms with Gasteiger partial charge in [-0.05, 0) is 25.0 Å². The fraction of sp³-hybridized carbons (Fsp3) is 0.267. The molecule has 0 saturated heterocycles. The third-order valence-electron chi connectivity index (χ3n) is 3.80. The van der Waals surface area contributed by atoms with Crippen LogP contribution in [0.25, 0.3) is 10.9 Å². The molecule has 0 bridgehead atoms. The maximum absolute atomic E-state index is 12.2. The Labute approximate surface area is 119 Å². The van der Waals surface area contributed by atoms with Crippen LogP contribution in [0.3, 0.4) is 0 Å². The lowest BCUT2D eigenvalue weighted by atomic mass is 10.2. The van der Waals surface area contributed by atoms with E-state index in [-0.39, 0.29) is 17.8 Å². The quantitative estimate of drug-likeness (QED) is 0.786. The SMILES string of the molecule is O=c1[nH]c(Cn2ccn(C3CC3)c2=O)nc2ccccc12. The van der Waals surface area contributed by atoms with Crippen molar-refractivity contribution in [2.24, 2.45) is 0 Å². The minimum Gasteiger partial charge on any atom is -0.308 e. The molecule has 0 atom stereocenters. The molecule has 0 amide bonds. The number of hydrogen-bond donors (Lipinski definition) is 1. The first-order chi connectivity index (χ1) is 10.2. The van der Waals surface area contributed by atoms with Gasteiger partial charge in [0.1, 0.15) is 5.82 Å². The Morgan fingerprint density at radius 1 is 1.19 bits per heavy atom. The average molecular weight is 282 g/mol. The van der Waals surface area contributed by atoms with Crippen molar-refractivity contribution >= 4 is 10.9 Å². The molecule has 1 saturated carbocycles. The normalized spacial score (nSPS) is 14.7. The highest BCUT2D eigenvalue weighted by atomic mass is 16.2. The van der Waals surface area contributed by atoms with Crippen LogP contribution in [0.2, 0.25) is 0 Å². The molecule has 21 heavy (non-hydrogen) atoms. The highest BCUT2D eigenvalue weighted by molar-refractivity contribution is 5.77. The Hall–Kier alpha value is -2.63. The topological polar surface area (TPSA) is 72.7 Å². The smallest absolute Gasteiger partial charge is 0.308 e. The van der Waals surface area contributed by atoms with Crippen molar-refractivity contribution in [1.29, 1.82) is 0 Å². The van der Waals surface area contributed by atoms with Crippen LogP contribution in [-0.2, 0) is 6.54 Å². The van der Waals surface area contributed by atoms with Crippen molar-refractivity contribution in [3.05, 3.63) is 63.3 Å². The van der Waals surface area contributed by atoms with Crippen molar-refractivity contribution in [2.45, 2.75) is 25.4 Å². The third-order valence-corrected chi connectivity index (χ3v) is 3.80. The molecule has 1 N–H and O–H groups in total. The molecule has 6 heteroatoms. The Morgan fingerprint density at radius 3 is 2.81 bits per heavy atom. The van der Waals surface area contributed by atoms with Crippen LogP contribution in [0, 0.1) is 0 Å². The summed E-state index contributed by atoms with van der Waals surface area (Å²) in [4.78, 5) is 31.4. The molecule has 3 aromatic rings. The van der Waals surface area contributed by atoms with Gasteiger partial charge in [-0.2, -0.15) is 0 Å². The molecule has 1 aliphatic carbocycles. The molecule has 1 aromatic carbocycles. The van der Waals surface area contributed by atoms with E-state index in [1.165, 1.54) is 0 Å². The van der Waals surface area contributed by atoms with E-state index in [2.05, 4.69) is 9.97 Å². The number of aromatic amines is 1. The number of H-pyrrole nitrogens is 1. The first-order valence-corrected chi connectivity index (χ1v) is 6.97. The van der Waals surface area contributed by atoms with Crippen molar-refractivity contribution in [1.82, 2.24) is 19.1 Å². The van der Waals surface area contributed by atoms with Gasteiger partial charge in [0.15, 0.2) is 0 Å². The van der Waals surface area contributed by atoms with E-state index in [1.807, 2.05) is 6.07 Å². The summed E-state index contributed by atoms with van der Waals surface area (Å²) < 4.78 is 3.32. The van der Waals surface area contributed by atoms with Crippen LogP contribution >= 0.6 is 0 Å². The molecule has 0 spiro atoms. The van der Waals surface area contributed by atoms with Gasteiger partial charge in [-0.15, -0.1) is 0 Å². The first kappa shape index (κ1) is 12.1. The summed E-state index contributed by atoms with van der Waals surface area (Å²) in [6.07, 6.45) is 5.68. The molecular formula is C15H14N4O2. The second kappa shape index (κ2) is 4.44. The number of fused-ring (bicyclic) bond motifs is 1. The third kappa shape index (κ3) is 2.08. The second-order valence-electron chi connectivity index (χ2n) is 5.38. The number of para-hydroxylation sites is 1. The zero-order chi connectivity index (χ0) is 14.4. The number of imidazole rings is 1. The van der Waals surface area contributed by atoms with Crippen molar-refractivity contribution in [3.63, 3.8) is 0 Å². The molecule has 6 nitrogen and oxygen atoms in total. The minimum atomic E-state index is -0.176. The highest BCUT2D eigenvalue weighted by Crippen LogP contribution is 2.33. The molecule has 0 aliphatic heterocycles. The predicted octanol–water partition coefficient (Wildman–Crippen LogP) is 1.27. The summed E-state index contributed by atoms with van der Waals surface area (Å²) in [5.41, 5.74) is 0.421. The summed E-state index contributed by atoms with van der Waals surface area (Å²) in [6.45, 7) is 0.276. The van der Waals surface area contributed by atoms with Gasteiger partial charge in [0.05, 0.1) is 17.4 Å². The average Bonchev–Trinajstić information content (AvgIpc) is 3.25. The lowest BCUT2D eigenvalue weighted by molar-refractivity contribution is 0.643. The zero-order valence-corrected chi connectivity index (χ0v) is 11.3.